The van der Waals surface area contributed by atoms with Crippen LogP contribution in [0.2, 0.25) is 0 Å². The maximum absolute atomic E-state index is 5.60. The second-order valence-electron chi connectivity index (χ2n) is 1.77. The molecule has 0 aromatic rings. The van der Waals surface area contributed by atoms with Crippen molar-refractivity contribution in [1.29, 1.82) is 0 Å². The fourth-order valence-electron chi connectivity index (χ4n) is 0.776. The molecule has 0 saturated heterocycles. The van der Waals surface area contributed by atoms with Crippen LogP contribution in [0.15, 0.2) is 0 Å². The lowest BCUT2D eigenvalue weighted by Gasteiger charge is -1.92. The molecule has 0 aliphatic carbocycles. The van der Waals surface area contributed by atoms with Gasteiger partial charge in [-0.15, -0.1) is 0 Å². The van der Waals surface area contributed by atoms with Crippen LogP contribution in [-0.2, 0) is 0 Å². The van der Waals surface area contributed by atoms with E-state index in [2.05, 4.69) is 11.5 Å². The molecule has 1 rings (SSSR count). The van der Waals surface area contributed by atoms with Gasteiger partial charge in [0, 0.05) is 5.75 Å². The first-order chi connectivity index (χ1) is 3.84. The summed E-state index contributed by atoms with van der Waals surface area (Å²) in [6.45, 7) is 4.31. The van der Waals surface area contributed by atoms with Gasteiger partial charge in [-0.1, -0.05) is 0 Å². The van der Waals surface area contributed by atoms with Crippen molar-refractivity contribution in [3.05, 3.63) is 0 Å². The molecule has 0 radical (unpaired) electrons. The Morgan fingerprint density at radius 2 is 2.62 bits per heavy atom. The van der Waals surface area contributed by atoms with Crippen molar-refractivity contribution >= 4 is 16.9 Å². The van der Waals surface area contributed by atoms with Gasteiger partial charge < -0.3 is 0 Å². The van der Waals surface area contributed by atoms with Crippen LogP contribution in [0, 0.1) is 0 Å². The van der Waals surface area contributed by atoms with Gasteiger partial charge in [0.25, 0.3) is 0 Å². The predicted octanol–water partition coefficient (Wildman–Crippen LogP) is 0.0803. The number of nitrogens with two attached hydrogens (primary N) is 1. The summed E-state index contributed by atoms with van der Waals surface area (Å²) in [7, 11) is 0. The molecule has 2 nitrogen and oxygen atoms in total. The molecule has 8 heavy (non-hydrogen) atoms. The molecule has 1 aliphatic rings. The molecule has 0 atom stereocenters. The fourth-order valence-corrected chi connectivity index (χ4v) is 1.70. The number of hydrogen-bond donors (Lipinski definition) is 1. The average molecular weight is 131 g/mol. The van der Waals surface area contributed by atoms with Gasteiger partial charge in [-0.3, -0.25) is 10.3 Å². The minimum absolute atomic E-state index is 0.993. The monoisotopic (exact) mass is 131 g/mol. The third kappa shape index (κ3) is 0.968. The van der Waals surface area contributed by atoms with Gasteiger partial charge in [-0.2, -0.15) is 0 Å². The van der Waals surface area contributed by atoms with Gasteiger partial charge in [0.2, 0.25) is 0 Å². The van der Waals surface area contributed by atoms with Crippen LogP contribution >= 0.6 is 11.8 Å². The van der Waals surface area contributed by atoms with Crippen molar-refractivity contribution in [3.8, 4) is 0 Å². The average Bonchev–Trinajstić information content (AvgIpc) is 2.14. The van der Waals surface area contributed by atoms with E-state index in [1.807, 2.05) is 0 Å². The predicted molar refractivity (Wildman–Crippen MR) is 37.3 cm³/mol. The van der Waals surface area contributed by atoms with Gasteiger partial charge in [-0.25, -0.2) is 0 Å². The summed E-state index contributed by atoms with van der Waals surface area (Å²) < 4.78 is 2.19. The Kier molecular flexibility index (Phi) is 1.78. The van der Waals surface area contributed by atoms with Crippen LogP contribution in [0.25, 0.3) is 0 Å². The standard InChI is InChI=1S/C5H10N2S/c1-2-7-3-4-8-5(7)6/h6H,2-4H2,1H3/p+1. The van der Waals surface area contributed by atoms with E-state index in [0.717, 1.165) is 18.3 Å². The molecule has 0 amide bonds. The van der Waals surface area contributed by atoms with Crippen LogP contribution in [0.5, 0.6) is 0 Å². The Bertz CT molecular complexity index is 120. The summed E-state index contributed by atoms with van der Waals surface area (Å²) >= 11 is 1.75. The van der Waals surface area contributed by atoms with E-state index < -0.39 is 0 Å². The lowest BCUT2D eigenvalue weighted by atomic mass is 10.6. The van der Waals surface area contributed by atoms with Crippen LogP contribution in [0.3, 0.4) is 0 Å². The van der Waals surface area contributed by atoms with Crippen molar-refractivity contribution in [3.63, 3.8) is 0 Å². The number of amidine groups is 1. The second kappa shape index (κ2) is 2.40. The lowest BCUT2D eigenvalue weighted by Crippen LogP contribution is -2.20. The van der Waals surface area contributed by atoms with E-state index in [9.17, 15) is 0 Å². The van der Waals surface area contributed by atoms with Crippen molar-refractivity contribution < 1.29 is 4.58 Å². The highest BCUT2D eigenvalue weighted by Crippen LogP contribution is 2.06. The fraction of sp³-hybridized carbons (Fsp3) is 0.800. The quantitative estimate of drug-likeness (QED) is 0.511. The van der Waals surface area contributed by atoms with Crippen molar-refractivity contribution in [2.45, 2.75) is 6.92 Å². The maximum atomic E-state index is 5.60. The first-order valence-electron chi connectivity index (χ1n) is 2.84. The summed E-state index contributed by atoms with van der Waals surface area (Å²) in [5.41, 5.74) is 5.60. The van der Waals surface area contributed by atoms with E-state index in [-0.39, 0.29) is 0 Å². The summed E-state index contributed by atoms with van der Waals surface area (Å²) in [6.07, 6.45) is 0. The van der Waals surface area contributed by atoms with Crippen LogP contribution in [-0.4, -0.2) is 28.6 Å². The molecule has 0 aromatic heterocycles. The van der Waals surface area contributed by atoms with E-state index in [4.69, 9.17) is 5.73 Å². The highest BCUT2D eigenvalue weighted by molar-refractivity contribution is 8.13. The minimum atomic E-state index is 0.993. The van der Waals surface area contributed by atoms with Gasteiger partial charge in [-0.05, 0) is 18.7 Å². The molecule has 2 N–H and O–H groups in total. The Morgan fingerprint density at radius 3 is 2.88 bits per heavy atom. The van der Waals surface area contributed by atoms with Gasteiger partial charge in [0.05, 0.1) is 13.1 Å². The lowest BCUT2D eigenvalue weighted by molar-refractivity contribution is -0.514. The molecule has 1 heterocycles. The molecule has 1 aliphatic heterocycles. The smallest absolute Gasteiger partial charge is 0.281 e. The third-order valence-corrected chi connectivity index (χ3v) is 2.25. The van der Waals surface area contributed by atoms with E-state index >= 15 is 0 Å². The zero-order valence-corrected chi connectivity index (χ0v) is 5.87. The van der Waals surface area contributed by atoms with Gasteiger partial charge in [0.15, 0.2) is 0 Å². The number of rotatable bonds is 1. The molecule has 0 saturated carbocycles. The van der Waals surface area contributed by atoms with Crippen LogP contribution in [0.4, 0.5) is 0 Å². The SMILES string of the molecule is CC[N+]1=C(N)SCC1. The maximum Gasteiger partial charge on any atom is 0.304 e. The van der Waals surface area contributed by atoms with Crippen LogP contribution < -0.4 is 5.73 Å². The first-order valence-corrected chi connectivity index (χ1v) is 3.83. The van der Waals surface area contributed by atoms with Crippen molar-refractivity contribution in [2.75, 3.05) is 18.8 Å². The summed E-state index contributed by atoms with van der Waals surface area (Å²) in [5, 5.41) is 0.993. The molecule has 3 heteroatoms. The normalized spacial score (nSPS) is 20.1. The van der Waals surface area contributed by atoms with E-state index in [1.165, 1.54) is 5.75 Å². The molecule has 0 aromatic carbocycles. The number of nitrogens with zero attached hydrogens (tertiary/aromatic N) is 1. The summed E-state index contributed by atoms with van der Waals surface area (Å²) in [4.78, 5) is 0. The van der Waals surface area contributed by atoms with Crippen LogP contribution in [0.1, 0.15) is 6.92 Å². The minimum Gasteiger partial charge on any atom is -0.281 e. The topological polar surface area (TPSA) is 29.0 Å². The van der Waals surface area contributed by atoms with E-state index in [0.29, 0.717) is 0 Å². The highest BCUT2D eigenvalue weighted by atomic mass is 32.2. The Morgan fingerprint density at radius 1 is 1.88 bits per heavy atom. The molecule has 0 bridgehead atoms. The third-order valence-electron chi connectivity index (χ3n) is 1.30. The molecule has 0 fully saturated rings. The molecule has 0 unspecified atom stereocenters. The zero-order chi connectivity index (χ0) is 5.98. The van der Waals surface area contributed by atoms with E-state index in [1.54, 1.807) is 11.8 Å². The van der Waals surface area contributed by atoms with Crippen molar-refractivity contribution in [1.82, 2.24) is 0 Å². The summed E-state index contributed by atoms with van der Waals surface area (Å²) in [5.74, 6) is 1.17. The van der Waals surface area contributed by atoms with Gasteiger partial charge >= 0.3 is 5.17 Å². The zero-order valence-electron chi connectivity index (χ0n) is 5.05. The molecule has 0 spiro atoms. The van der Waals surface area contributed by atoms with Crippen molar-refractivity contribution in [2.24, 2.45) is 5.73 Å². The first kappa shape index (κ1) is 5.95. The molecular formula is C5H11N2S+. The highest BCUT2D eigenvalue weighted by Gasteiger charge is 2.14. The Hall–Kier alpha value is -0.180. The second-order valence-corrected chi connectivity index (χ2v) is 2.88. The Balaban J connectivity index is 2.58. The molecular weight excluding hydrogens is 120 g/mol. The molecule has 46 valence electrons. The largest absolute Gasteiger partial charge is 0.304 e. The Labute approximate surface area is 53.8 Å². The number of hydrogen-bond acceptors (Lipinski definition) is 2. The van der Waals surface area contributed by atoms with Gasteiger partial charge in [0.1, 0.15) is 0 Å². The number of thioether (sulfide) groups is 1. The summed E-state index contributed by atoms with van der Waals surface area (Å²) in [6, 6.07) is 0.